The zero-order valence-corrected chi connectivity index (χ0v) is 13.1. The Balaban J connectivity index is 1.67. The number of aromatic nitrogens is 1. The Morgan fingerprint density at radius 1 is 1.00 bits per heavy atom. The van der Waals surface area contributed by atoms with Crippen LogP contribution in [0.4, 0.5) is 30.4 Å². The fourth-order valence-electron chi connectivity index (χ4n) is 2.75. The van der Waals surface area contributed by atoms with Gasteiger partial charge in [0.15, 0.2) is 0 Å². The summed E-state index contributed by atoms with van der Waals surface area (Å²) in [4.78, 5) is 18.1. The number of alkyl halides is 3. The molecule has 1 fully saturated rings. The maximum Gasteiger partial charge on any atom is 0.416 e. The number of nitro benzene ring substituents is 1. The van der Waals surface area contributed by atoms with Gasteiger partial charge in [-0.1, -0.05) is 0 Å². The van der Waals surface area contributed by atoms with Crippen molar-refractivity contribution >= 4 is 17.2 Å². The number of hydrogen-bond acceptors (Lipinski definition) is 5. The van der Waals surface area contributed by atoms with Crippen LogP contribution in [0.5, 0.6) is 0 Å². The maximum atomic E-state index is 12.8. The first-order chi connectivity index (χ1) is 11.8. The molecule has 2 heterocycles. The molecule has 0 radical (unpaired) electrons. The van der Waals surface area contributed by atoms with Gasteiger partial charge in [-0.05, 0) is 24.3 Å². The third kappa shape index (κ3) is 3.81. The van der Waals surface area contributed by atoms with Crippen LogP contribution < -0.4 is 9.80 Å². The van der Waals surface area contributed by atoms with E-state index >= 15 is 0 Å². The molecular weight excluding hydrogens is 337 g/mol. The van der Waals surface area contributed by atoms with Crippen LogP contribution >= 0.6 is 0 Å². The summed E-state index contributed by atoms with van der Waals surface area (Å²) in [7, 11) is 0. The van der Waals surface area contributed by atoms with Crippen LogP contribution in [0.25, 0.3) is 0 Å². The zero-order valence-electron chi connectivity index (χ0n) is 13.1. The van der Waals surface area contributed by atoms with E-state index in [0.717, 1.165) is 17.8 Å². The third-order valence-corrected chi connectivity index (χ3v) is 4.10. The highest BCUT2D eigenvalue weighted by Crippen LogP contribution is 2.31. The summed E-state index contributed by atoms with van der Waals surface area (Å²) in [6.07, 6.45) is -3.22. The summed E-state index contributed by atoms with van der Waals surface area (Å²) in [5.41, 5.74) is 0.160. The van der Waals surface area contributed by atoms with Crippen molar-refractivity contribution in [1.29, 1.82) is 0 Å². The van der Waals surface area contributed by atoms with Crippen molar-refractivity contribution < 1.29 is 18.1 Å². The molecule has 0 amide bonds. The van der Waals surface area contributed by atoms with Crippen LogP contribution in [0.1, 0.15) is 5.56 Å². The van der Waals surface area contributed by atoms with E-state index in [9.17, 15) is 23.3 Å². The molecule has 1 aliphatic heterocycles. The fraction of sp³-hybridized carbons (Fsp3) is 0.312. The van der Waals surface area contributed by atoms with E-state index in [1.807, 2.05) is 4.90 Å². The van der Waals surface area contributed by atoms with Gasteiger partial charge in [0.1, 0.15) is 5.82 Å². The van der Waals surface area contributed by atoms with Crippen LogP contribution in [-0.2, 0) is 6.18 Å². The average Bonchev–Trinajstić information content (AvgIpc) is 2.61. The molecule has 0 atom stereocenters. The Kier molecular flexibility index (Phi) is 4.47. The monoisotopic (exact) mass is 352 g/mol. The quantitative estimate of drug-likeness (QED) is 0.626. The second-order valence-electron chi connectivity index (χ2n) is 5.65. The van der Waals surface area contributed by atoms with Crippen LogP contribution in [-0.4, -0.2) is 36.1 Å². The Labute approximate surface area is 141 Å². The minimum Gasteiger partial charge on any atom is -0.368 e. The molecule has 0 bridgehead atoms. The smallest absolute Gasteiger partial charge is 0.368 e. The van der Waals surface area contributed by atoms with Gasteiger partial charge < -0.3 is 9.80 Å². The van der Waals surface area contributed by atoms with Crippen LogP contribution in [0.2, 0.25) is 0 Å². The molecule has 0 saturated carbocycles. The van der Waals surface area contributed by atoms with Crippen LogP contribution in [0.3, 0.4) is 0 Å². The summed E-state index contributed by atoms with van der Waals surface area (Å²) in [5, 5.41) is 10.7. The zero-order chi connectivity index (χ0) is 18.0. The molecule has 1 aromatic carbocycles. The van der Waals surface area contributed by atoms with Gasteiger partial charge in [-0.3, -0.25) is 10.1 Å². The summed E-state index contributed by atoms with van der Waals surface area (Å²) >= 11 is 0. The Morgan fingerprint density at radius 3 is 2.16 bits per heavy atom. The Morgan fingerprint density at radius 2 is 1.60 bits per heavy atom. The average molecular weight is 352 g/mol. The number of non-ortho nitro benzene ring substituents is 1. The van der Waals surface area contributed by atoms with Gasteiger partial charge in [0, 0.05) is 50.2 Å². The molecule has 0 spiro atoms. The maximum absolute atomic E-state index is 12.8. The number of halogens is 3. The Bertz CT molecular complexity index is 757. The second kappa shape index (κ2) is 6.58. The van der Waals surface area contributed by atoms with E-state index in [4.69, 9.17) is 0 Å². The number of rotatable bonds is 3. The van der Waals surface area contributed by atoms with Crippen molar-refractivity contribution in [3.8, 4) is 0 Å². The lowest BCUT2D eigenvalue weighted by Crippen LogP contribution is -2.46. The standard InChI is InChI=1S/C16H15F3N4O2/c17-16(18,19)12-5-6-20-15(11-12)22-9-7-21(8-10-22)13-1-3-14(4-2-13)23(24)25/h1-6,11H,7-10H2. The van der Waals surface area contributed by atoms with Gasteiger partial charge in [-0.15, -0.1) is 0 Å². The van der Waals surface area contributed by atoms with Gasteiger partial charge >= 0.3 is 6.18 Å². The third-order valence-electron chi connectivity index (χ3n) is 4.10. The predicted octanol–water partition coefficient (Wildman–Crippen LogP) is 3.34. The lowest BCUT2D eigenvalue weighted by Gasteiger charge is -2.36. The van der Waals surface area contributed by atoms with Crippen molar-refractivity contribution in [2.24, 2.45) is 0 Å². The number of piperazine rings is 1. The first kappa shape index (κ1) is 17.0. The molecule has 25 heavy (non-hydrogen) atoms. The van der Waals surface area contributed by atoms with Gasteiger partial charge in [0.2, 0.25) is 0 Å². The number of benzene rings is 1. The number of hydrogen-bond donors (Lipinski definition) is 0. The summed E-state index contributed by atoms with van der Waals surface area (Å²) in [6.45, 7) is 2.22. The van der Waals surface area contributed by atoms with Gasteiger partial charge in [-0.2, -0.15) is 13.2 Å². The number of pyridine rings is 1. The largest absolute Gasteiger partial charge is 0.416 e. The van der Waals surface area contributed by atoms with E-state index in [-0.39, 0.29) is 5.69 Å². The molecule has 1 aliphatic rings. The van der Waals surface area contributed by atoms with Crippen molar-refractivity contribution in [2.45, 2.75) is 6.18 Å². The van der Waals surface area contributed by atoms with Crippen LogP contribution in [0, 0.1) is 10.1 Å². The van der Waals surface area contributed by atoms with E-state index in [1.165, 1.54) is 18.3 Å². The molecule has 9 heteroatoms. The normalized spacial score (nSPS) is 15.3. The van der Waals surface area contributed by atoms with Crippen molar-refractivity contribution in [1.82, 2.24) is 4.98 Å². The van der Waals surface area contributed by atoms with Gasteiger partial charge in [0.05, 0.1) is 10.5 Å². The predicted molar refractivity (Wildman–Crippen MR) is 86.8 cm³/mol. The second-order valence-corrected chi connectivity index (χ2v) is 5.65. The van der Waals surface area contributed by atoms with Gasteiger partial charge in [0.25, 0.3) is 5.69 Å². The molecule has 0 aliphatic carbocycles. The highest BCUT2D eigenvalue weighted by molar-refractivity contribution is 5.53. The molecule has 2 aromatic rings. The van der Waals surface area contributed by atoms with E-state index in [2.05, 4.69) is 4.98 Å². The molecule has 1 aromatic heterocycles. The molecule has 0 unspecified atom stereocenters. The minimum absolute atomic E-state index is 0.0237. The van der Waals surface area contributed by atoms with Crippen molar-refractivity contribution in [2.75, 3.05) is 36.0 Å². The van der Waals surface area contributed by atoms with E-state index in [0.29, 0.717) is 32.0 Å². The topological polar surface area (TPSA) is 62.5 Å². The van der Waals surface area contributed by atoms with Gasteiger partial charge in [-0.25, -0.2) is 4.98 Å². The molecule has 0 N–H and O–H groups in total. The summed E-state index contributed by atoms with van der Waals surface area (Å²) < 4.78 is 38.4. The van der Waals surface area contributed by atoms with Crippen molar-refractivity contribution in [3.05, 3.63) is 58.3 Å². The lowest BCUT2D eigenvalue weighted by atomic mass is 10.2. The van der Waals surface area contributed by atoms with E-state index in [1.54, 1.807) is 17.0 Å². The number of anilines is 2. The van der Waals surface area contributed by atoms with Crippen molar-refractivity contribution in [3.63, 3.8) is 0 Å². The number of nitrogens with zero attached hydrogens (tertiary/aromatic N) is 4. The molecule has 132 valence electrons. The van der Waals surface area contributed by atoms with Crippen LogP contribution in [0.15, 0.2) is 42.6 Å². The molecule has 3 rings (SSSR count). The minimum atomic E-state index is -4.39. The highest BCUT2D eigenvalue weighted by atomic mass is 19.4. The molecule has 6 nitrogen and oxygen atoms in total. The SMILES string of the molecule is O=[N+]([O-])c1ccc(N2CCN(c3cc(C(F)(F)F)ccn3)CC2)cc1. The first-order valence-corrected chi connectivity index (χ1v) is 7.62. The highest BCUT2D eigenvalue weighted by Gasteiger charge is 2.31. The summed E-state index contributed by atoms with van der Waals surface area (Å²) in [6, 6.07) is 8.25. The fourth-order valence-corrected chi connectivity index (χ4v) is 2.75. The lowest BCUT2D eigenvalue weighted by molar-refractivity contribution is -0.384. The Hall–Kier alpha value is -2.84. The first-order valence-electron chi connectivity index (χ1n) is 7.62. The molecular formula is C16H15F3N4O2. The molecule has 1 saturated heterocycles. The number of nitro groups is 1. The summed E-state index contributed by atoms with van der Waals surface area (Å²) in [5.74, 6) is 0.304. The van der Waals surface area contributed by atoms with E-state index < -0.39 is 16.7 Å².